The number of rotatable bonds is 3. The topological polar surface area (TPSA) is 75.6 Å². The molecule has 1 saturated carbocycles. The van der Waals surface area contributed by atoms with Gasteiger partial charge in [-0.25, -0.2) is 0 Å². The van der Waals surface area contributed by atoms with Crippen molar-refractivity contribution in [2.75, 3.05) is 5.32 Å². The summed E-state index contributed by atoms with van der Waals surface area (Å²) in [6, 6.07) is 1.93. The van der Waals surface area contributed by atoms with Crippen LogP contribution in [0.25, 0.3) is 0 Å². The van der Waals surface area contributed by atoms with Crippen LogP contribution in [0, 0.1) is 0 Å². The zero-order chi connectivity index (χ0) is 13.2. The average Bonchev–Trinajstić information content (AvgIpc) is 3.07. The molecule has 0 atom stereocenters. The van der Waals surface area contributed by atoms with Gasteiger partial charge in [0.05, 0.1) is 11.8 Å². The van der Waals surface area contributed by atoms with E-state index in [1.54, 1.807) is 24.1 Å². The summed E-state index contributed by atoms with van der Waals surface area (Å²) in [5.41, 5.74) is 1.66. The number of nitrogens with one attached hydrogen (secondary N) is 2. The summed E-state index contributed by atoms with van der Waals surface area (Å²) >= 11 is 0. The van der Waals surface area contributed by atoms with Crippen LogP contribution in [-0.4, -0.2) is 25.9 Å². The van der Waals surface area contributed by atoms with E-state index in [0.29, 0.717) is 17.3 Å². The van der Waals surface area contributed by atoms with Gasteiger partial charge in [-0.05, 0) is 12.8 Å². The number of aryl methyl sites for hydroxylation is 1. The van der Waals surface area contributed by atoms with Gasteiger partial charge in [0.25, 0.3) is 5.91 Å². The minimum atomic E-state index is -0.183. The number of carbonyl (C=O) groups is 1. The fourth-order valence-electron chi connectivity index (χ4n) is 2.57. The van der Waals surface area contributed by atoms with Crippen molar-refractivity contribution in [2.45, 2.75) is 31.6 Å². The number of nitrogens with zero attached hydrogens (tertiary/aromatic N) is 3. The van der Waals surface area contributed by atoms with Crippen LogP contribution in [0.4, 0.5) is 5.82 Å². The summed E-state index contributed by atoms with van der Waals surface area (Å²) in [5, 5.41) is 13.9. The predicted molar refractivity (Wildman–Crippen MR) is 71.0 cm³/mol. The molecule has 2 aromatic rings. The number of hydrogen-bond acceptors (Lipinski definition) is 3. The maximum Gasteiger partial charge on any atom is 0.260 e. The minimum absolute atomic E-state index is 0.183. The maximum absolute atomic E-state index is 11.9. The molecule has 0 aromatic carbocycles. The first kappa shape index (κ1) is 12.0. The number of amides is 1. The summed E-state index contributed by atoms with van der Waals surface area (Å²) < 4.78 is 1.60. The molecule has 6 nitrogen and oxygen atoms in total. The third kappa shape index (κ3) is 2.52. The van der Waals surface area contributed by atoms with Gasteiger partial charge in [-0.2, -0.15) is 10.2 Å². The molecule has 0 spiro atoms. The van der Waals surface area contributed by atoms with E-state index in [4.69, 9.17) is 0 Å². The van der Waals surface area contributed by atoms with Gasteiger partial charge in [0.2, 0.25) is 0 Å². The molecule has 0 bridgehead atoms. The molecule has 1 fully saturated rings. The Bertz CT molecular complexity index is 579. The number of hydrogen-bond donors (Lipinski definition) is 2. The number of anilines is 1. The number of aromatic nitrogens is 4. The lowest BCUT2D eigenvalue weighted by Gasteiger charge is -2.03. The number of aromatic amines is 1. The monoisotopic (exact) mass is 259 g/mol. The molecule has 19 heavy (non-hydrogen) atoms. The maximum atomic E-state index is 11.9. The predicted octanol–water partition coefficient (Wildman–Crippen LogP) is 2.05. The lowest BCUT2D eigenvalue weighted by atomic mass is 10.0. The van der Waals surface area contributed by atoms with Crippen LogP contribution in [-0.2, 0) is 7.05 Å². The fraction of sp³-hybridized carbons (Fsp3) is 0.462. The van der Waals surface area contributed by atoms with Crippen LogP contribution in [0.5, 0.6) is 0 Å². The Balaban J connectivity index is 1.68. The quantitative estimate of drug-likeness (QED) is 0.885. The highest BCUT2D eigenvalue weighted by atomic mass is 16.1. The van der Waals surface area contributed by atoms with Gasteiger partial charge < -0.3 is 5.32 Å². The lowest BCUT2D eigenvalue weighted by molar-refractivity contribution is 0.102. The van der Waals surface area contributed by atoms with Crippen molar-refractivity contribution in [1.29, 1.82) is 0 Å². The van der Waals surface area contributed by atoms with Gasteiger partial charge in [-0.15, -0.1) is 0 Å². The second kappa shape index (κ2) is 4.87. The SMILES string of the molecule is Cn1cc(C(=O)Nc2cc(C3CCCC3)[nH]n2)cn1. The zero-order valence-electron chi connectivity index (χ0n) is 10.9. The molecule has 2 aromatic heterocycles. The van der Waals surface area contributed by atoms with Gasteiger partial charge in [0.1, 0.15) is 0 Å². The van der Waals surface area contributed by atoms with Crippen LogP contribution in [0.15, 0.2) is 18.5 Å². The van der Waals surface area contributed by atoms with Crippen molar-refractivity contribution in [2.24, 2.45) is 7.05 Å². The number of carbonyl (C=O) groups excluding carboxylic acids is 1. The molecular formula is C13H17N5O. The third-order valence-electron chi connectivity index (χ3n) is 3.60. The molecule has 0 aliphatic heterocycles. The zero-order valence-corrected chi connectivity index (χ0v) is 10.9. The van der Waals surface area contributed by atoms with E-state index in [0.717, 1.165) is 5.69 Å². The fourth-order valence-corrected chi connectivity index (χ4v) is 2.57. The van der Waals surface area contributed by atoms with E-state index in [9.17, 15) is 4.79 Å². The average molecular weight is 259 g/mol. The molecule has 1 amide bonds. The van der Waals surface area contributed by atoms with Crippen molar-refractivity contribution in [3.05, 3.63) is 29.7 Å². The Kier molecular flexibility index (Phi) is 3.06. The highest BCUT2D eigenvalue weighted by Gasteiger charge is 2.19. The second-order valence-corrected chi connectivity index (χ2v) is 5.05. The summed E-state index contributed by atoms with van der Waals surface area (Å²) in [4.78, 5) is 11.9. The van der Waals surface area contributed by atoms with Gasteiger partial charge in [0.15, 0.2) is 5.82 Å². The van der Waals surface area contributed by atoms with Crippen molar-refractivity contribution in [3.8, 4) is 0 Å². The van der Waals surface area contributed by atoms with E-state index in [2.05, 4.69) is 20.6 Å². The van der Waals surface area contributed by atoms with Crippen LogP contribution in [0.2, 0.25) is 0 Å². The number of H-pyrrole nitrogens is 1. The Morgan fingerprint density at radius 3 is 2.95 bits per heavy atom. The Morgan fingerprint density at radius 2 is 2.26 bits per heavy atom. The van der Waals surface area contributed by atoms with Crippen LogP contribution >= 0.6 is 0 Å². The summed E-state index contributed by atoms with van der Waals surface area (Å²) in [5.74, 6) is 0.963. The molecule has 1 aliphatic rings. The van der Waals surface area contributed by atoms with Crippen molar-refractivity contribution in [1.82, 2.24) is 20.0 Å². The molecule has 2 heterocycles. The first-order valence-electron chi connectivity index (χ1n) is 6.57. The van der Waals surface area contributed by atoms with Gasteiger partial charge in [-0.1, -0.05) is 12.8 Å². The first-order chi connectivity index (χ1) is 9.22. The molecule has 6 heteroatoms. The molecule has 0 saturated heterocycles. The van der Waals surface area contributed by atoms with Gasteiger partial charge in [-0.3, -0.25) is 14.6 Å². The van der Waals surface area contributed by atoms with Gasteiger partial charge >= 0.3 is 0 Å². The van der Waals surface area contributed by atoms with Gasteiger partial charge in [0, 0.05) is 30.9 Å². The van der Waals surface area contributed by atoms with E-state index >= 15 is 0 Å². The Labute approximate surface area is 111 Å². The summed E-state index contributed by atoms with van der Waals surface area (Å²) in [7, 11) is 1.78. The molecule has 1 aliphatic carbocycles. The van der Waals surface area contributed by atoms with Crippen molar-refractivity contribution in [3.63, 3.8) is 0 Å². The molecule has 100 valence electrons. The van der Waals surface area contributed by atoms with E-state index in [1.807, 2.05) is 6.07 Å². The first-order valence-corrected chi connectivity index (χ1v) is 6.57. The molecule has 0 radical (unpaired) electrons. The Hall–Kier alpha value is -2.11. The largest absolute Gasteiger partial charge is 0.305 e. The normalized spacial score (nSPS) is 15.8. The molecule has 3 rings (SSSR count). The highest BCUT2D eigenvalue weighted by Crippen LogP contribution is 2.33. The minimum Gasteiger partial charge on any atom is -0.305 e. The molecule has 0 unspecified atom stereocenters. The van der Waals surface area contributed by atoms with E-state index in [-0.39, 0.29) is 5.91 Å². The van der Waals surface area contributed by atoms with Crippen molar-refractivity contribution >= 4 is 11.7 Å². The van der Waals surface area contributed by atoms with Crippen LogP contribution in [0.1, 0.15) is 47.7 Å². The highest BCUT2D eigenvalue weighted by molar-refractivity contribution is 6.03. The Morgan fingerprint density at radius 1 is 1.47 bits per heavy atom. The van der Waals surface area contributed by atoms with E-state index in [1.165, 1.54) is 25.7 Å². The molecular weight excluding hydrogens is 242 g/mol. The lowest BCUT2D eigenvalue weighted by Crippen LogP contribution is -2.11. The standard InChI is InChI=1S/C13H17N5O/c1-18-8-10(7-14-18)13(19)15-12-6-11(16-17-12)9-4-2-3-5-9/h6-9H,2-5H2,1H3,(H2,15,16,17,19). The third-order valence-corrected chi connectivity index (χ3v) is 3.60. The summed E-state index contributed by atoms with van der Waals surface area (Å²) in [6.45, 7) is 0. The van der Waals surface area contributed by atoms with E-state index < -0.39 is 0 Å². The van der Waals surface area contributed by atoms with Crippen molar-refractivity contribution < 1.29 is 4.79 Å². The molecule has 2 N–H and O–H groups in total. The van der Waals surface area contributed by atoms with Crippen LogP contribution in [0.3, 0.4) is 0 Å². The van der Waals surface area contributed by atoms with Crippen LogP contribution < -0.4 is 5.32 Å². The smallest absolute Gasteiger partial charge is 0.260 e. The second-order valence-electron chi connectivity index (χ2n) is 5.05. The summed E-state index contributed by atoms with van der Waals surface area (Å²) in [6.07, 6.45) is 8.19.